The van der Waals surface area contributed by atoms with Gasteiger partial charge in [-0.05, 0) is 62.9 Å². The molecule has 44 heavy (non-hydrogen) atoms. The van der Waals surface area contributed by atoms with Crippen LogP contribution in [0.15, 0.2) is 60.7 Å². The molecule has 0 saturated carbocycles. The maximum Gasteiger partial charge on any atom is 0.337 e. The number of aryl methyl sites for hydroxylation is 1. The van der Waals surface area contributed by atoms with Gasteiger partial charge in [0.1, 0.15) is 5.69 Å². The Bertz CT molecular complexity index is 1860. The van der Waals surface area contributed by atoms with Crippen molar-refractivity contribution in [1.82, 2.24) is 9.47 Å². The molecule has 0 spiro atoms. The highest BCUT2D eigenvalue weighted by molar-refractivity contribution is 7.92. The molecular weight excluding hydrogens is 578 g/mol. The minimum atomic E-state index is -3.75. The van der Waals surface area contributed by atoms with Crippen LogP contribution in [0.5, 0.6) is 0 Å². The van der Waals surface area contributed by atoms with Crippen LogP contribution in [0.3, 0.4) is 0 Å². The predicted molar refractivity (Wildman–Crippen MR) is 172 cm³/mol. The lowest BCUT2D eigenvalue weighted by atomic mass is 9.87. The summed E-state index contributed by atoms with van der Waals surface area (Å²) in [6.45, 7) is 9.81. The second-order valence-electron chi connectivity index (χ2n) is 12.5. The first-order chi connectivity index (χ1) is 20.6. The summed E-state index contributed by atoms with van der Waals surface area (Å²) >= 11 is 0. The topological polar surface area (TPSA) is 109 Å². The molecule has 1 aliphatic heterocycles. The van der Waals surface area contributed by atoms with Crippen LogP contribution < -0.4 is 4.31 Å². The molecule has 232 valence electrons. The maximum absolute atomic E-state index is 14.1. The van der Waals surface area contributed by atoms with E-state index in [9.17, 15) is 23.1 Å². The number of benzene rings is 3. The third-order valence-electron chi connectivity index (χ3n) is 7.92. The minimum absolute atomic E-state index is 0.0975. The molecule has 0 unspecified atom stereocenters. The van der Waals surface area contributed by atoms with Gasteiger partial charge < -0.3 is 19.3 Å². The van der Waals surface area contributed by atoms with Crippen molar-refractivity contribution >= 4 is 38.5 Å². The molecule has 5 rings (SSSR count). The van der Waals surface area contributed by atoms with Gasteiger partial charge in [-0.15, -0.1) is 0 Å². The summed E-state index contributed by atoms with van der Waals surface area (Å²) in [7, 11) is -2.01. The van der Waals surface area contributed by atoms with Crippen molar-refractivity contribution in [3.63, 3.8) is 0 Å². The molecule has 0 aliphatic carbocycles. The van der Waals surface area contributed by atoms with E-state index in [2.05, 4.69) is 0 Å². The van der Waals surface area contributed by atoms with Gasteiger partial charge in [-0.1, -0.05) is 60.2 Å². The fourth-order valence-electron chi connectivity index (χ4n) is 6.05. The second kappa shape index (κ2) is 11.4. The van der Waals surface area contributed by atoms with E-state index in [1.54, 1.807) is 45.7 Å². The standard InChI is InChI=1S/C34H39N3O6S/c1-21-13-15-24(16-14-21)28-25-19-26(32(38)35(6)20-23-11-9-8-10-12-23)36-17-18-37(44(7,41)42)29(30(25)36)22(2)27(28)31(33(39)40)43-34(3,4)5/h8-16,19,31H,17-18,20H2,1-7H3,(H,39,40)/t31-/m0/s1. The fourth-order valence-corrected chi connectivity index (χ4v) is 7.02. The largest absolute Gasteiger partial charge is 0.479 e. The molecule has 0 bridgehead atoms. The summed E-state index contributed by atoms with van der Waals surface area (Å²) in [5.41, 5.74) is 4.72. The molecule has 10 heteroatoms. The second-order valence-corrected chi connectivity index (χ2v) is 14.4. The summed E-state index contributed by atoms with van der Waals surface area (Å²) in [5, 5.41) is 11.1. The zero-order valence-electron chi connectivity index (χ0n) is 26.2. The zero-order chi connectivity index (χ0) is 32.1. The highest BCUT2D eigenvalue weighted by atomic mass is 32.2. The molecule has 1 atom stereocenters. The molecule has 0 fully saturated rings. The van der Waals surface area contributed by atoms with Crippen LogP contribution in [0, 0.1) is 13.8 Å². The van der Waals surface area contributed by atoms with Crippen LogP contribution in [0.4, 0.5) is 5.69 Å². The molecule has 0 radical (unpaired) electrons. The monoisotopic (exact) mass is 617 g/mol. The average Bonchev–Trinajstić information content (AvgIpc) is 3.33. The van der Waals surface area contributed by atoms with Crippen LogP contribution in [0.25, 0.3) is 22.0 Å². The van der Waals surface area contributed by atoms with Crippen LogP contribution in [0.2, 0.25) is 0 Å². The molecule has 1 aliphatic rings. The lowest BCUT2D eigenvalue weighted by Gasteiger charge is -2.34. The summed E-state index contributed by atoms with van der Waals surface area (Å²) in [4.78, 5) is 28.6. The Hall–Kier alpha value is -4.15. The molecular formula is C34H39N3O6S. The van der Waals surface area contributed by atoms with Gasteiger partial charge in [0, 0.05) is 31.1 Å². The van der Waals surface area contributed by atoms with E-state index >= 15 is 0 Å². The van der Waals surface area contributed by atoms with Crippen LogP contribution >= 0.6 is 0 Å². The number of hydrogen-bond acceptors (Lipinski definition) is 5. The van der Waals surface area contributed by atoms with Crippen molar-refractivity contribution in [1.29, 1.82) is 0 Å². The van der Waals surface area contributed by atoms with Crippen molar-refractivity contribution in [3.8, 4) is 11.1 Å². The number of carboxylic acids is 1. The Labute approximate surface area is 258 Å². The molecule has 1 amide bonds. The molecule has 9 nitrogen and oxygen atoms in total. The van der Waals surface area contributed by atoms with E-state index in [4.69, 9.17) is 4.74 Å². The number of aliphatic carboxylic acids is 1. The maximum atomic E-state index is 14.1. The van der Waals surface area contributed by atoms with Gasteiger partial charge in [-0.25, -0.2) is 13.2 Å². The van der Waals surface area contributed by atoms with E-state index in [0.717, 1.165) is 22.9 Å². The first-order valence-electron chi connectivity index (χ1n) is 14.5. The molecule has 4 aromatic rings. The molecule has 1 N–H and O–H groups in total. The molecule has 1 aromatic heterocycles. The molecule has 3 aromatic carbocycles. The Morgan fingerprint density at radius 3 is 2.23 bits per heavy atom. The van der Waals surface area contributed by atoms with Crippen LogP contribution in [-0.2, 0) is 32.6 Å². The third kappa shape index (κ3) is 5.84. The Morgan fingerprint density at radius 2 is 1.66 bits per heavy atom. The van der Waals surface area contributed by atoms with E-state index in [1.165, 1.54) is 4.31 Å². The van der Waals surface area contributed by atoms with Gasteiger partial charge in [-0.2, -0.15) is 0 Å². The number of amides is 1. The predicted octanol–water partition coefficient (Wildman–Crippen LogP) is 5.92. The summed E-state index contributed by atoms with van der Waals surface area (Å²) < 4.78 is 35.7. The first kappa shape index (κ1) is 31.3. The van der Waals surface area contributed by atoms with Crippen molar-refractivity contribution in [2.75, 3.05) is 24.2 Å². The highest BCUT2D eigenvalue weighted by Gasteiger charge is 2.38. The van der Waals surface area contributed by atoms with Gasteiger partial charge >= 0.3 is 5.97 Å². The number of carboxylic acid groups (broad SMARTS) is 1. The number of ether oxygens (including phenoxy) is 1. The number of rotatable bonds is 8. The van der Waals surface area contributed by atoms with Gasteiger partial charge in [0.15, 0.2) is 6.10 Å². The smallest absolute Gasteiger partial charge is 0.337 e. The van der Waals surface area contributed by atoms with E-state index < -0.39 is 27.7 Å². The minimum Gasteiger partial charge on any atom is -0.479 e. The number of carbonyl (C=O) groups excluding carboxylic acids is 1. The van der Waals surface area contributed by atoms with Crippen molar-refractivity contribution in [2.24, 2.45) is 0 Å². The van der Waals surface area contributed by atoms with E-state index in [-0.39, 0.29) is 19.0 Å². The zero-order valence-corrected chi connectivity index (χ0v) is 27.0. The number of carbonyl (C=O) groups is 2. The first-order valence-corrected chi connectivity index (χ1v) is 16.4. The van der Waals surface area contributed by atoms with Gasteiger partial charge in [-0.3, -0.25) is 9.10 Å². The van der Waals surface area contributed by atoms with E-state index in [0.29, 0.717) is 45.5 Å². The van der Waals surface area contributed by atoms with Crippen molar-refractivity contribution in [3.05, 3.63) is 88.6 Å². The Balaban J connectivity index is 1.87. The fraction of sp³-hybridized carbons (Fsp3) is 0.353. The van der Waals surface area contributed by atoms with Gasteiger partial charge in [0.05, 0.1) is 29.6 Å². The summed E-state index contributed by atoms with van der Waals surface area (Å²) in [6, 6.07) is 19.2. The Kier molecular flexibility index (Phi) is 8.11. The molecule has 2 heterocycles. The van der Waals surface area contributed by atoms with Crippen LogP contribution in [-0.4, -0.2) is 60.3 Å². The van der Waals surface area contributed by atoms with Gasteiger partial charge in [0.25, 0.3) is 5.91 Å². The summed E-state index contributed by atoms with van der Waals surface area (Å²) in [6.07, 6.45) is -0.261. The normalized spacial score (nSPS) is 14.1. The number of nitrogens with zero attached hydrogens (tertiary/aromatic N) is 3. The third-order valence-corrected chi connectivity index (χ3v) is 9.09. The SMILES string of the molecule is Cc1ccc(-c2c([C@H](OC(C)(C)C)C(=O)O)c(C)c3c4c2cc(C(=O)N(C)Cc2ccccc2)n4CCN3S(C)(=O)=O)cc1. The van der Waals surface area contributed by atoms with Crippen LogP contribution in [0.1, 0.15) is 59.6 Å². The van der Waals surface area contributed by atoms with E-state index in [1.807, 2.05) is 66.1 Å². The number of anilines is 1. The molecule has 0 saturated heterocycles. The quantitative estimate of drug-likeness (QED) is 0.263. The van der Waals surface area contributed by atoms with Crippen molar-refractivity contribution in [2.45, 2.75) is 59.4 Å². The number of sulfonamides is 1. The number of aromatic nitrogens is 1. The van der Waals surface area contributed by atoms with Gasteiger partial charge in [0.2, 0.25) is 10.0 Å². The Morgan fingerprint density at radius 1 is 1.02 bits per heavy atom. The average molecular weight is 618 g/mol. The highest BCUT2D eigenvalue weighted by Crippen LogP contribution is 2.48. The van der Waals surface area contributed by atoms with Crippen molar-refractivity contribution < 1.29 is 27.9 Å². The lowest BCUT2D eigenvalue weighted by molar-refractivity contribution is -0.160. The number of hydrogen-bond donors (Lipinski definition) is 1. The lowest BCUT2D eigenvalue weighted by Crippen LogP contribution is -2.38. The summed E-state index contributed by atoms with van der Waals surface area (Å²) in [5.74, 6) is -1.42.